The van der Waals surface area contributed by atoms with Gasteiger partial charge in [0.2, 0.25) is 6.33 Å². The van der Waals surface area contributed by atoms with E-state index in [-0.39, 0.29) is 0 Å². The Morgan fingerprint density at radius 2 is 1.61 bits per heavy atom. The molecule has 0 unspecified atom stereocenters. The molecule has 38 heavy (non-hydrogen) atoms. The van der Waals surface area contributed by atoms with Gasteiger partial charge in [0.25, 0.3) is 0 Å². The second-order valence-electron chi connectivity index (χ2n) is 11.6. The van der Waals surface area contributed by atoms with Crippen molar-refractivity contribution in [3.05, 3.63) is 79.1 Å². The number of rotatable bonds is 14. The van der Waals surface area contributed by atoms with Crippen LogP contribution in [0.1, 0.15) is 37.9 Å². The van der Waals surface area contributed by atoms with E-state index >= 15 is 0 Å². The smallest absolute Gasteiger partial charge is 0.268 e. The van der Waals surface area contributed by atoms with Crippen LogP contribution in [0.5, 0.6) is 0 Å². The average Bonchev–Trinajstić information content (AvgIpc) is 3.46. The third-order valence-corrected chi connectivity index (χ3v) is 9.12. The summed E-state index contributed by atoms with van der Waals surface area (Å²) in [5, 5.41) is 6.70. The molecule has 0 aliphatic carbocycles. The van der Waals surface area contributed by atoms with Crippen LogP contribution < -0.4 is 14.1 Å². The summed E-state index contributed by atoms with van der Waals surface area (Å²) in [6.45, 7) is 10.6. The summed E-state index contributed by atoms with van der Waals surface area (Å²) < 4.78 is 9.39. The molecule has 0 amide bonds. The number of aryl methyl sites for hydroxylation is 4. The maximum absolute atomic E-state index is 4.77. The number of anilines is 1. The van der Waals surface area contributed by atoms with Crippen LogP contribution in [0.2, 0.25) is 25.7 Å². The summed E-state index contributed by atoms with van der Waals surface area (Å²) in [7, 11) is 3.20. The van der Waals surface area contributed by atoms with Gasteiger partial charge in [0.1, 0.15) is 18.6 Å². The summed E-state index contributed by atoms with van der Waals surface area (Å²) in [4.78, 5) is 0. The van der Waals surface area contributed by atoms with Crippen molar-refractivity contribution in [1.82, 2.24) is 9.13 Å². The van der Waals surface area contributed by atoms with Crippen molar-refractivity contribution in [2.45, 2.75) is 77.4 Å². The molecule has 0 saturated carbocycles. The molecule has 0 saturated heterocycles. The maximum atomic E-state index is 4.77. The zero-order valence-electron chi connectivity index (χ0n) is 24.1. The largest absolute Gasteiger partial charge is 0.302 e. The molecule has 4 rings (SSSR count). The highest BCUT2D eigenvalue weighted by molar-refractivity contribution is 6.76. The predicted molar refractivity (Wildman–Crippen MR) is 161 cm³/mol. The first kappa shape index (κ1) is 27.8. The number of fused-ring (bicyclic) bond motifs is 1. The van der Waals surface area contributed by atoms with Crippen molar-refractivity contribution in [2.75, 3.05) is 12.1 Å². The Balaban J connectivity index is 1.29. The molecule has 2 heterocycles. The molecule has 6 nitrogen and oxygen atoms in total. The van der Waals surface area contributed by atoms with Crippen LogP contribution in [-0.2, 0) is 26.7 Å². The molecular formula is C31H46N6Si+2. The van der Waals surface area contributed by atoms with Gasteiger partial charge in [-0.1, -0.05) is 56.0 Å². The quantitative estimate of drug-likeness (QED) is 0.0646. The first-order chi connectivity index (χ1) is 18.3. The topological polar surface area (TPSA) is 33.2 Å². The van der Waals surface area contributed by atoms with Crippen LogP contribution in [0.15, 0.2) is 78.4 Å². The Kier molecular flexibility index (Phi) is 9.56. The lowest BCUT2D eigenvalue weighted by molar-refractivity contribution is -0.696. The van der Waals surface area contributed by atoms with Gasteiger partial charge in [-0.2, -0.15) is 5.10 Å². The van der Waals surface area contributed by atoms with Gasteiger partial charge in [0.05, 0.1) is 32.4 Å². The number of nitrogens with zero attached hydrogens (tertiary/aromatic N) is 6. The maximum Gasteiger partial charge on any atom is 0.302 e. The van der Waals surface area contributed by atoms with Crippen molar-refractivity contribution in [3.8, 4) is 0 Å². The molecule has 4 aromatic rings. The number of unbranched alkanes of at least 4 members (excludes halogenated alkanes) is 3. The molecule has 0 aliphatic heterocycles. The second-order valence-corrected chi connectivity index (χ2v) is 17.3. The van der Waals surface area contributed by atoms with Crippen LogP contribution in [-0.4, -0.2) is 30.5 Å². The molecule has 2 aromatic carbocycles. The third-order valence-electron chi connectivity index (χ3n) is 7.27. The molecular weight excluding hydrogens is 484 g/mol. The van der Waals surface area contributed by atoms with E-state index in [1.165, 1.54) is 42.8 Å². The van der Waals surface area contributed by atoms with Crippen LogP contribution in [0.25, 0.3) is 11.0 Å². The molecule has 0 radical (unpaired) electrons. The highest BCUT2D eigenvalue weighted by Crippen LogP contribution is 2.16. The number of hydrogen-bond acceptors (Lipinski definition) is 2. The second kappa shape index (κ2) is 13.0. The monoisotopic (exact) mass is 530 g/mol. The van der Waals surface area contributed by atoms with Gasteiger partial charge < -0.3 is 0 Å². The van der Waals surface area contributed by atoms with E-state index < -0.39 is 8.07 Å². The lowest BCUT2D eigenvalue weighted by Gasteiger charge is -2.13. The molecule has 7 heteroatoms. The molecule has 0 aliphatic rings. The fraction of sp³-hybridized carbons (Fsp3) is 0.452. The van der Waals surface area contributed by atoms with Gasteiger partial charge in [-0.3, -0.25) is 5.01 Å². The number of imidazole rings is 2. The van der Waals surface area contributed by atoms with Gasteiger partial charge in [0.15, 0.2) is 11.0 Å². The fourth-order valence-corrected chi connectivity index (χ4v) is 6.28. The molecule has 202 valence electrons. The summed E-state index contributed by atoms with van der Waals surface area (Å²) in [5.41, 5.74) is 3.58. The summed E-state index contributed by atoms with van der Waals surface area (Å²) >= 11 is 0. The summed E-state index contributed by atoms with van der Waals surface area (Å²) in [6, 6.07) is 20.3. The van der Waals surface area contributed by atoms with Gasteiger partial charge >= 0.3 is 5.82 Å². The minimum atomic E-state index is -0.937. The highest BCUT2D eigenvalue weighted by Gasteiger charge is 2.21. The van der Waals surface area contributed by atoms with Gasteiger partial charge in [-0.25, -0.2) is 18.3 Å². The Bertz CT molecular complexity index is 1320. The van der Waals surface area contributed by atoms with Crippen LogP contribution >= 0.6 is 0 Å². The number of aromatic nitrogens is 4. The normalized spacial score (nSPS) is 12.1. The summed E-state index contributed by atoms with van der Waals surface area (Å²) in [5.74, 6) is 1.13. The minimum absolute atomic E-state index is 0.937. The predicted octanol–water partition coefficient (Wildman–Crippen LogP) is 6.01. The van der Waals surface area contributed by atoms with E-state index in [0.29, 0.717) is 0 Å². The molecule has 0 bridgehead atoms. The zero-order chi connectivity index (χ0) is 27.0. The molecule has 2 aromatic heterocycles. The SMILES string of the molecule is CN(/N=C/c1n(CCCCCCn2cc[n+](CCC[Si](C)(C)C)c2)c2ccccc2[n+]1C)c1ccccc1. The third kappa shape index (κ3) is 7.66. The van der Waals surface area contributed by atoms with Crippen molar-refractivity contribution in [1.29, 1.82) is 0 Å². The Morgan fingerprint density at radius 3 is 2.37 bits per heavy atom. The van der Waals surface area contributed by atoms with E-state index in [2.05, 4.69) is 100 Å². The van der Waals surface area contributed by atoms with E-state index in [0.717, 1.165) is 37.6 Å². The lowest BCUT2D eigenvalue weighted by atomic mass is 10.2. The standard InChI is InChI=1S/C31H46N6Si/c1-33-29-18-11-12-19-30(29)37(31(33)26-32-34(2)28-16-9-8-10-17-28)22-14-7-6-13-20-35-23-24-36(27-35)21-15-25-38(3,4)5/h8-12,16-19,23-24,26-27H,6-7,13-15,20-22,25H2,1-5H3/q+2. The van der Waals surface area contributed by atoms with Crippen LogP contribution in [0.4, 0.5) is 5.69 Å². The van der Waals surface area contributed by atoms with E-state index in [1.54, 1.807) is 0 Å². The Hall–Kier alpha value is -3.19. The van der Waals surface area contributed by atoms with E-state index in [1.807, 2.05) is 36.5 Å². The number of hydrazone groups is 1. The Morgan fingerprint density at radius 1 is 0.895 bits per heavy atom. The van der Waals surface area contributed by atoms with Crippen molar-refractivity contribution in [2.24, 2.45) is 12.1 Å². The number of para-hydroxylation sites is 3. The van der Waals surface area contributed by atoms with Crippen LogP contribution in [0, 0.1) is 0 Å². The van der Waals surface area contributed by atoms with Crippen molar-refractivity contribution >= 4 is 31.0 Å². The number of hydrogen-bond donors (Lipinski definition) is 0. The molecule has 0 fully saturated rings. The Labute approximate surface area is 229 Å². The van der Waals surface area contributed by atoms with E-state index in [9.17, 15) is 0 Å². The lowest BCUT2D eigenvalue weighted by Crippen LogP contribution is -2.33. The number of benzene rings is 2. The van der Waals surface area contributed by atoms with E-state index in [4.69, 9.17) is 5.10 Å². The fourth-order valence-electron chi connectivity index (χ4n) is 5.06. The molecule has 0 spiro atoms. The minimum Gasteiger partial charge on any atom is -0.268 e. The van der Waals surface area contributed by atoms with Gasteiger partial charge in [-0.05, 0) is 56.4 Å². The van der Waals surface area contributed by atoms with Crippen LogP contribution in [0.3, 0.4) is 0 Å². The van der Waals surface area contributed by atoms with Crippen molar-refractivity contribution < 1.29 is 9.13 Å². The van der Waals surface area contributed by atoms with Gasteiger partial charge in [0, 0.05) is 15.1 Å². The highest BCUT2D eigenvalue weighted by atomic mass is 28.3. The van der Waals surface area contributed by atoms with Crippen molar-refractivity contribution in [3.63, 3.8) is 0 Å². The average molecular weight is 531 g/mol. The molecule has 0 atom stereocenters. The summed E-state index contributed by atoms with van der Waals surface area (Å²) in [6.07, 6.45) is 14.9. The first-order valence-electron chi connectivity index (χ1n) is 14.2. The molecule has 0 N–H and O–H groups in total. The van der Waals surface area contributed by atoms with Gasteiger partial charge in [-0.15, -0.1) is 0 Å². The first-order valence-corrected chi connectivity index (χ1v) is 17.9. The zero-order valence-corrected chi connectivity index (χ0v) is 25.1.